The fourth-order valence-electron chi connectivity index (χ4n) is 3.05. The minimum absolute atomic E-state index is 0.108. The first-order chi connectivity index (χ1) is 19.3. The monoisotopic (exact) mass is 556 g/mol. The van der Waals surface area contributed by atoms with E-state index in [-0.39, 0.29) is 17.6 Å². The van der Waals surface area contributed by atoms with Crippen molar-refractivity contribution in [3.8, 4) is 0 Å². The Labute approximate surface area is 244 Å². The van der Waals surface area contributed by atoms with Crippen molar-refractivity contribution >= 4 is 34.8 Å². The Balaban J connectivity index is 0. The van der Waals surface area contributed by atoms with Crippen LogP contribution in [0.3, 0.4) is 0 Å². The first kappa shape index (κ1) is 38.9. The van der Waals surface area contributed by atoms with Gasteiger partial charge in [-0.05, 0) is 48.9 Å². The number of furan rings is 1. The molecule has 2 N–H and O–H groups in total. The average Bonchev–Trinajstić information content (AvgIpc) is 3.39. The zero-order valence-corrected chi connectivity index (χ0v) is 27.1. The normalized spacial score (nSPS) is 11.0. The van der Waals surface area contributed by atoms with E-state index in [0.717, 1.165) is 31.5 Å². The smallest absolute Gasteiger partial charge is 0.227 e. The predicted molar refractivity (Wildman–Crippen MR) is 172 cm³/mol. The maximum absolute atomic E-state index is 12.3. The van der Waals surface area contributed by atoms with Crippen LogP contribution in [0.25, 0.3) is 11.1 Å². The van der Waals surface area contributed by atoms with Crippen LogP contribution in [0.1, 0.15) is 117 Å². The molecule has 7 nitrogen and oxygen atoms in total. The molecule has 1 amide bonds. The first-order valence-electron chi connectivity index (χ1n) is 15.1. The summed E-state index contributed by atoms with van der Waals surface area (Å²) in [5, 5.41) is 5.77. The van der Waals surface area contributed by atoms with Crippen LogP contribution in [0.2, 0.25) is 0 Å². The second-order valence-corrected chi connectivity index (χ2v) is 8.95. The number of rotatable bonds is 10. The molecule has 0 aromatic carbocycles. The van der Waals surface area contributed by atoms with E-state index in [1.807, 2.05) is 53.9 Å². The minimum atomic E-state index is -0.123. The van der Waals surface area contributed by atoms with Crippen LogP contribution >= 0.6 is 0 Å². The molecular weight excluding hydrogens is 500 g/mol. The number of aldehydes is 1. The van der Waals surface area contributed by atoms with Crippen LogP contribution < -0.4 is 10.6 Å². The molecular formula is C33H56N4O3. The van der Waals surface area contributed by atoms with E-state index < -0.39 is 0 Å². The number of carbonyl (C=O) groups is 2. The third-order valence-electron chi connectivity index (χ3n) is 6.06. The Morgan fingerprint density at radius 2 is 1.62 bits per heavy atom. The van der Waals surface area contributed by atoms with E-state index in [2.05, 4.69) is 61.3 Å². The second kappa shape index (κ2) is 24.8. The van der Waals surface area contributed by atoms with E-state index >= 15 is 0 Å². The molecule has 0 aliphatic heterocycles. The lowest BCUT2D eigenvalue weighted by Crippen LogP contribution is -2.21. The molecule has 0 aliphatic carbocycles. The van der Waals surface area contributed by atoms with Gasteiger partial charge in [-0.1, -0.05) is 94.6 Å². The summed E-state index contributed by atoms with van der Waals surface area (Å²) in [6.45, 7) is 20.7. The third kappa shape index (κ3) is 14.8. The van der Waals surface area contributed by atoms with Crippen molar-refractivity contribution in [3.63, 3.8) is 0 Å². The fourth-order valence-corrected chi connectivity index (χ4v) is 3.05. The maximum Gasteiger partial charge on any atom is 0.227 e. The van der Waals surface area contributed by atoms with Crippen LogP contribution in [0.4, 0.5) is 11.5 Å². The SMILES string of the molecule is CC.CC.CCC(C)CC[C@H](C)C(=O)Nc1c(C=O)oc2cccnc12.CCCC.CCc1ccc(NC)nc1. The molecule has 0 spiro atoms. The number of hydrogen-bond donors (Lipinski definition) is 2. The van der Waals surface area contributed by atoms with Crippen molar-refractivity contribution in [1.29, 1.82) is 0 Å². The van der Waals surface area contributed by atoms with Crippen molar-refractivity contribution < 1.29 is 14.0 Å². The van der Waals surface area contributed by atoms with Gasteiger partial charge in [0.25, 0.3) is 0 Å². The number of aromatic nitrogens is 2. The molecule has 2 atom stereocenters. The van der Waals surface area contributed by atoms with Gasteiger partial charge in [-0.15, -0.1) is 0 Å². The van der Waals surface area contributed by atoms with Gasteiger partial charge in [0, 0.05) is 25.4 Å². The van der Waals surface area contributed by atoms with Crippen molar-refractivity contribution in [2.75, 3.05) is 17.7 Å². The van der Waals surface area contributed by atoms with E-state index in [1.165, 1.54) is 18.4 Å². The van der Waals surface area contributed by atoms with Gasteiger partial charge >= 0.3 is 0 Å². The van der Waals surface area contributed by atoms with E-state index in [1.54, 1.807) is 18.3 Å². The molecule has 0 aliphatic rings. The average molecular weight is 557 g/mol. The Kier molecular flexibility index (Phi) is 24.1. The fraction of sp³-hybridized carbons (Fsp3) is 0.576. The van der Waals surface area contributed by atoms with Crippen molar-refractivity contribution in [2.24, 2.45) is 11.8 Å². The molecule has 3 aromatic rings. The first-order valence-corrected chi connectivity index (χ1v) is 15.1. The predicted octanol–water partition coefficient (Wildman–Crippen LogP) is 9.59. The van der Waals surface area contributed by atoms with Crippen LogP contribution in [0.5, 0.6) is 0 Å². The number of unbranched alkanes of at least 4 members (excludes halogenated alkanes) is 1. The minimum Gasteiger partial charge on any atom is -0.449 e. The lowest BCUT2D eigenvalue weighted by molar-refractivity contribution is -0.119. The van der Waals surface area contributed by atoms with Crippen molar-refractivity contribution in [2.45, 2.75) is 108 Å². The number of carbonyl (C=O) groups excluding carboxylic acids is 2. The van der Waals surface area contributed by atoms with Crippen molar-refractivity contribution in [3.05, 3.63) is 48.0 Å². The Bertz CT molecular complexity index is 1010. The molecule has 3 aromatic heterocycles. The van der Waals surface area contributed by atoms with Crippen LogP contribution in [-0.2, 0) is 11.2 Å². The highest BCUT2D eigenvalue weighted by Crippen LogP contribution is 2.28. The summed E-state index contributed by atoms with van der Waals surface area (Å²) in [4.78, 5) is 31.8. The summed E-state index contributed by atoms with van der Waals surface area (Å²) < 4.78 is 5.40. The molecule has 40 heavy (non-hydrogen) atoms. The summed E-state index contributed by atoms with van der Waals surface area (Å²) in [7, 11) is 1.87. The zero-order valence-electron chi connectivity index (χ0n) is 27.1. The van der Waals surface area contributed by atoms with Crippen molar-refractivity contribution in [1.82, 2.24) is 9.97 Å². The van der Waals surface area contributed by atoms with Gasteiger partial charge in [0.2, 0.25) is 5.91 Å². The largest absolute Gasteiger partial charge is 0.449 e. The molecule has 0 fully saturated rings. The third-order valence-corrected chi connectivity index (χ3v) is 6.06. The Hall–Kier alpha value is -3.22. The number of hydrogen-bond acceptors (Lipinski definition) is 6. The molecule has 1 unspecified atom stereocenters. The van der Waals surface area contributed by atoms with E-state index in [9.17, 15) is 9.59 Å². The molecule has 226 valence electrons. The molecule has 0 saturated carbocycles. The topological polar surface area (TPSA) is 97.1 Å². The lowest BCUT2D eigenvalue weighted by atomic mass is 9.96. The number of pyridine rings is 2. The van der Waals surface area contributed by atoms with E-state index in [0.29, 0.717) is 29.0 Å². The van der Waals surface area contributed by atoms with Gasteiger partial charge < -0.3 is 15.1 Å². The highest BCUT2D eigenvalue weighted by Gasteiger charge is 2.20. The molecule has 3 heterocycles. The highest BCUT2D eigenvalue weighted by atomic mass is 16.3. The number of nitrogens with zero attached hydrogens (tertiary/aromatic N) is 2. The quantitative estimate of drug-likeness (QED) is 0.241. The van der Waals surface area contributed by atoms with Crippen LogP contribution in [0.15, 0.2) is 41.1 Å². The number of amides is 1. The number of aryl methyl sites for hydroxylation is 1. The van der Waals surface area contributed by atoms with Gasteiger partial charge in [0.15, 0.2) is 17.6 Å². The maximum atomic E-state index is 12.3. The van der Waals surface area contributed by atoms with Gasteiger partial charge in [0.1, 0.15) is 17.0 Å². The van der Waals surface area contributed by atoms with Crippen LogP contribution in [0, 0.1) is 11.8 Å². The van der Waals surface area contributed by atoms with Gasteiger partial charge in [-0.25, -0.2) is 4.98 Å². The summed E-state index contributed by atoms with van der Waals surface area (Å²) in [5.74, 6) is 1.41. The van der Waals surface area contributed by atoms with Gasteiger partial charge in [-0.3, -0.25) is 14.6 Å². The zero-order chi connectivity index (χ0) is 30.9. The Morgan fingerprint density at radius 1 is 0.975 bits per heavy atom. The summed E-state index contributed by atoms with van der Waals surface area (Å²) >= 11 is 0. The Morgan fingerprint density at radius 3 is 2.10 bits per heavy atom. The van der Waals surface area contributed by atoms with Gasteiger partial charge in [0.05, 0.1) is 0 Å². The molecule has 0 saturated heterocycles. The number of fused-ring (bicyclic) bond motifs is 1. The summed E-state index contributed by atoms with van der Waals surface area (Å²) in [6, 6.07) is 7.51. The number of nitrogens with one attached hydrogen (secondary N) is 2. The summed E-state index contributed by atoms with van der Waals surface area (Å²) in [5.41, 5.74) is 2.64. The molecule has 7 heteroatoms. The molecule has 3 rings (SSSR count). The van der Waals surface area contributed by atoms with Gasteiger partial charge in [-0.2, -0.15) is 0 Å². The summed E-state index contributed by atoms with van der Waals surface area (Å²) in [6.07, 6.45) is 10.7. The molecule has 0 bridgehead atoms. The standard InChI is InChI=1S/C17H22N2O3.C8H12N2.C4H10.2C2H6/c1-4-11(2)7-8-12(3)17(21)19-16-14(10-20)22-13-6-5-9-18-15(13)16;1-3-7-4-5-8(9-2)10-6-7;1-3-4-2;2*1-2/h5-6,9-12H,4,7-8H2,1-3H3,(H,19,21);4-6H,3H2,1-2H3,(H,9,10);3-4H2,1-2H3;2*1-2H3/t11?,12-;;;;/m0..../s1. The van der Waals surface area contributed by atoms with Crippen LogP contribution in [-0.4, -0.2) is 29.2 Å². The second-order valence-electron chi connectivity index (χ2n) is 8.95. The lowest BCUT2D eigenvalue weighted by Gasteiger charge is -2.14. The molecule has 0 radical (unpaired) electrons. The highest BCUT2D eigenvalue weighted by molar-refractivity contribution is 6.05. The van der Waals surface area contributed by atoms with E-state index in [4.69, 9.17) is 4.42 Å². The number of anilines is 2.